The maximum absolute atomic E-state index is 14.5. The van der Waals surface area contributed by atoms with Crippen LogP contribution in [0.1, 0.15) is 30.5 Å². The summed E-state index contributed by atoms with van der Waals surface area (Å²) in [5.41, 5.74) is 2.81. The van der Waals surface area contributed by atoms with Crippen LogP contribution in [0.4, 0.5) is 5.69 Å². The number of benzene rings is 4. The molecule has 4 aromatic rings. The molecule has 9 heteroatoms. The van der Waals surface area contributed by atoms with E-state index in [2.05, 4.69) is 5.32 Å². The molecular weight excluding hydrogens is 586 g/mol. The smallest absolute Gasteiger partial charge is 0.264 e. The van der Waals surface area contributed by atoms with Gasteiger partial charge in [0.2, 0.25) is 11.8 Å². The second-order valence-electron chi connectivity index (χ2n) is 11.3. The van der Waals surface area contributed by atoms with Crippen molar-refractivity contribution < 1.29 is 22.7 Å². The van der Waals surface area contributed by atoms with Crippen LogP contribution in [-0.4, -0.2) is 51.4 Å². The molecule has 0 radical (unpaired) electrons. The highest BCUT2D eigenvalue weighted by Gasteiger charge is 2.35. The van der Waals surface area contributed by atoms with Gasteiger partial charge in [0, 0.05) is 19.5 Å². The summed E-state index contributed by atoms with van der Waals surface area (Å²) in [6.07, 6.45) is 0.253. The molecule has 45 heavy (non-hydrogen) atoms. The van der Waals surface area contributed by atoms with Crippen LogP contribution in [0.5, 0.6) is 5.75 Å². The number of amides is 2. The first kappa shape index (κ1) is 33.3. The molecule has 1 atom stereocenters. The lowest BCUT2D eigenvalue weighted by molar-refractivity contribution is -0.140. The van der Waals surface area contributed by atoms with Crippen LogP contribution in [0, 0.1) is 12.8 Å². The maximum Gasteiger partial charge on any atom is 0.264 e. The molecule has 1 N–H and O–H groups in total. The van der Waals surface area contributed by atoms with Gasteiger partial charge in [0.1, 0.15) is 18.3 Å². The number of hydrogen-bond donors (Lipinski definition) is 1. The molecule has 0 aliphatic carbocycles. The Kier molecular flexibility index (Phi) is 11.4. The average Bonchev–Trinajstić information content (AvgIpc) is 3.05. The van der Waals surface area contributed by atoms with Gasteiger partial charge in [-0.25, -0.2) is 8.42 Å². The Morgan fingerprint density at radius 2 is 1.38 bits per heavy atom. The van der Waals surface area contributed by atoms with Crippen molar-refractivity contribution in [1.82, 2.24) is 10.2 Å². The highest BCUT2D eigenvalue weighted by atomic mass is 32.2. The average molecular weight is 628 g/mol. The summed E-state index contributed by atoms with van der Waals surface area (Å²) in [6.45, 7) is 5.87. The Morgan fingerprint density at radius 3 is 1.98 bits per heavy atom. The van der Waals surface area contributed by atoms with Crippen molar-refractivity contribution in [3.8, 4) is 5.75 Å². The number of sulfonamides is 1. The Morgan fingerprint density at radius 1 is 0.800 bits per heavy atom. The number of carbonyl (C=O) groups excluding carboxylic acids is 2. The van der Waals surface area contributed by atoms with Crippen LogP contribution in [0.3, 0.4) is 0 Å². The van der Waals surface area contributed by atoms with Crippen LogP contribution in [-0.2, 0) is 32.6 Å². The van der Waals surface area contributed by atoms with Crippen molar-refractivity contribution >= 4 is 27.5 Å². The number of hydrogen-bond acceptors (Lipinski definition) is 5. The van der Waals surface area contributed by atoms with Gasteiger partial charge in [-0.15, -0.1) is 0 Å². The quantitative estimate of drug-likeness (QED) is 0.196. The van der Waals surface area contributed by atoms with Crippen molar-refractivity contribution in [3.63, 3.8) is 0 Å². The number of nitrogens with one attached hydrogen (secondary N) is 1. The Balaban J connectivity index is 1.81. The molecule has 0 saturated heterocycles. The highest BCUT2D eigenvalue weighted by molar-refractivity contribution is 7.92. The predicted molar refractivity (Wildman–Crippen MR) is 177 cm³/mol. The molecule has 8 nitrogen and oxygen atoms in total. The first-order valence-corrected chi connectivity index (χ1v) is 16.4. The van der Waals surface area contributed by atoms with Gasteiger partial charge in [0.15, 0.2) is 0 Å². The summed E-state index contributed by atoms with van der Waals surface area (Å²) >= 11 is 0. The molecule has 2 amide bonds. The molecule has 4 rings (SSSR count). The first-order valence-electron chi connectivity index (χ1n) is 15.0. The van der Waals surface area contributed by atoms with E-state index >= 15 is 0 Å². The number of carbonyl (C=O) groups is 2. The summed E-state index contributed by atoms with van der Waals surface area (Å²) in [7, 11) is -2.77. The first-order chi connectivity index (χ1) is 21.6. The fraction of sp³-hybridized carbons (Fsp3) is 0.278. The number of anilines is 1. The van der Waals surface area contributed by atoms with Gasteiger partial charge in [0.05, 0.1) is 17.7 Å². The molecule has 0 heterocycles. The zero-order chi connectivity index (χ0) is 32.4. The summed E-state index contributed by atoms with van der Waals surface area (Å²) < 4.78 is 35.1. The Bertz CT molecular complexity index is 1660. The largest absolute Gasteiger partial charge is 0.495 e. The summed E-state index contributed by atoms with van der Waals surface area (Å²) in [5.74, 6) is -0.334. The molecule has 0 fully saturated rings. The lowest BCUT2D eigenvalue weighted by Crippen LogP contribution is -2.53. The molecule has 0 aliphatic rings. The third-order valence-corrected chi connectivity index (χ3v) is 9.17. The van der Waals surface area contributed by atoms with E-state index in [-0.39, 0.29) is 35.4 Å². The minimum Gasteiger partial charge on any atom is -0.495 e. The van der Waals surface area contributed by atoms with Gasteiger partial charge in [-0.05, 0) is 48.2 Å². The normalized spacial score (nSPS) is 11.9. The van der Waals surface area contributed by atoms with E-state index in [4.69, 9.17) is 4.74 Å². The Labute approximate surface area is 266 Å². The van der Waals surface area contributed by atoms with Gasteiger partial charge >= 0.3 is 0 Å². The van der Waals surface area contributed by atoms with Crippen LogP contribution in [0.25, 0.3) is 0 Å². The predicted octanol–water partition coefficient (Wildman–Crippen LogP) is 5.61. The fourth-order valence-electron chi connectivity index (χ4n) is 4.94. The van der Waals surface area contributed by atoms with Gasteiger partial charge in [-0.2, -0.15) is 0 Å². The highest BCUT2D eigenvalue weighted by Crippen LogP contribution is 2.32. The number of rotatable bonds is 14. The van der Waals surface area contributed by atoms with Crippen LogP contribution in [0.15, 0.2) is 114 Å². The van der Waals surface area contributed by atoms with Gasteiger partial charge in [0.25, 0.3) is 10.0 Å². The van der Waals surface area contributed by atoms with E-state index in [9.17, 15) is 18.0 Å². The van der Waals surface area contributed by atoms with Crippen molar-refractivity contribution in [2.45, 2.75) is 44.7 Å². The zero-order valence-electron chi connectivity index (χ0n) is 26.2. The van der Waals surface area contributed by atoms with Crippen molar-refractivity contribution in [2.24, 2.45) is 5.92 Å². The third-order valence-electron chi connectivity index (χ3n) is 7.39. The summed E-state index contributed by atoms with van der Waals surface area (Å²) in [6, 6.07) is 31.1. The molecule has 0 aromatic heterocycles. The van der Waals surface area contributed by atoms with E-state index < -0.39 is 28.5 Å². The number of methoxy groups -OCH3 is 1. The van der Waals surface area contributed by atoms with Crippen LogP contribution < -0.4 is 14.4 Å². The van der Waals surface area contributed by atoms with E-state index in [0.717, 1.165) is 21.0 Å². The van der Waals surface area contributed by atoms with Gasteiger partial charge in [-0.3, -0.25) is 13.9 Å². The van der Waals surface area contributed by atoms with Crippen molar-refractivity contribution in [3.05, 3.63) is 126 Å². The fourth-order valence-corrected chi connectivity index (χ4v) is 6.37. The van der Waals surface area contributed by atoms with Crippen LogP contribution >= 0.6 is 0 Å². The second kappa shape index (κ2) is 15.4. The summed E-state index contributed by atoms with van der Waals surface area (Å²) in [4.78, 5) is 29.9. The third kappa shape index (κ3) is 8.73. The topological polar surface area (TPSA) is 96.0 Å². The standard InChI is InChI=1S/C36H41N3O5S/c1-27(2)24-37-36(41)33(23-29-13-7-5-8-14-29)38(25-30-15-9-6-10-16-30)35(40)26-39(32-17-11-12-18-34(32)44-4)45(42,43)31-21-19-28(3)20-22-31/h5-22,27,33H,23-26H2,1-4H3,(H,37,41)/t33-/m1/s1. The SMILES string of the molecule is COc1ccccc1N(CC(=O)N(Cc1ccccc1)[C@H](Cc1ccccc1)C(=O)NCC(C)C)S(=O)(=O)c1ccc(C)cc1. The number of ether oxygens (including phenoxy) is 1. The zero-order valence-corrected chi connectivity index (χ0v) is 27.0. The lowest BCUT2D eigenvalue weighted by Gasteiger charge is -2.34. The van der Waals surface area contributed by atoms with Crippen molar-refractivity contribution in [1.29, 1.82) is 0 Å². The monoisotopic (exact) mass is 627 g/mol. The number of nitrogens with zero attached hydrogens (tertiary/aromatic N) is 2. The second-order valence-corrected chi connectivity index (χ2v) is 13.2. The van der Waals surface area contributed by atoms with Gasteiger partial charge < -0.3 is 15.0 Å². The molecular formula is C36H41N3O5S. The van der Waals surface area contributed by atoms with E-state index in [1.807, 2.05) is 81.4 Å². The van der Waals surface area contributed by atoms with E-state index in [0.29, 0.717) is 12.3 Å². The number of para-hydroxylation sites is 2. The molecule has 4 aromatic carbocycles. The van der Waals surface area contributed by atoms with E-state index in [1.165, 1.54) is 24.1 Å². The van der Waals surface area contributed by atoms with Gasteiger partial charge in [-0.1, -0.05) is 104 Å². The van der Waals surface area contributed by atoms with Crippen molar-refractivity contribution in [2.75, 3.05) is 24.5 Å². The molecule has 0 unspecified atom stereocenters. The molecule has 0 spiro atoms. The molecule has 0 bridgehead atoms. The lowest BCUT2D eigenvalue weighted by atomic mass is 10.0. The summed E-state index contributed by atoms with van der Waals surface area (Å²) in [5, 5.41) is 3.00. The number of aryl methyl sites for hydroxylation is 1. The molecule has 0 aliphatic heterocycles. The minimum absolute atomic E-state index is 0.0388. The van der Waals surface area contributed by atoms with E-state index in [1.54, 1.807) is 36.4 Å². The molecule has 236 valence electrons. The van der Waals surface area contributed by atoms with Crippen LogP contribution in [0.2, 0.25) is 0 Å². The molecule has 0 saturated carbocycles. The maximum atomic E-state index is 14.5. The Hall–Kier alpha value is -4.63. The minimum atomic E-state index is -4.23.